The van der Waals surface area contributed by atoms with E-state index < -0.39 is 0 Å². The fourth-order valence-electron chi connectivity index (χ4n) is 5.07. The number of fused-ring (bicyclic) bond motifs is 1. The molecule has 5 rings (SSSR count). The number of benzene rings is 2. The average molecular weight is 482 g/mol. The smallest absolute Gasteiger partial charge is 0.256 e. The molecule has 36 heavy (non-hydrogen) atoms. The van der Waals surface area contributed by atoms with Crippen LogP contribution in [0.25, 0.3) is 22.2 Å². The molecule has 7 heteroatoms. The van der Waals surface area contributed by atoms with Crippen molar-refractivity contribution in [1.29, 1.82) is 0 Å². The van der Waals surface area contributed by atoms with Crippen LogP contribution in [-0.2, 0) is 11.8 Å². The molecular formula is C29H31N5O2. The van der Waals surface area contributed by atoms with Crippen LogP contribution in [0, 0.1) is 6.92 Å². The highest BCUT2D eigenvalue weighted by Gasteiger charge is 2.28. The quantitative estimate of drug-likeness (QED) is 0.452. The van der Waals surface area contributed by atoms with Crippen molar-refractivity contribution < 1.29 is 9.59 Å². The van der Waals surface area contributed by atoms with Gasteiger partial charge < -0.3 is 19.7 Å². The molecule has 1 fully saturated rings. The van der Waals surface area contributed by atoms with Gasteiger partial charge in [-0.25, -0.2) is 4.98 Å². The molecule has 3 heterocycles. The van der Waals surface area contributed by atoms with Gasteiger partial charge in [-0.05, 0) is 43.2 Å². The van der Waals surface area contributed by atoms with Crippen molar-refractivity contribution in [3.63, 3.8) is 0 Å². The zero-order chi connectivity index (χ0) is 25.2. The standard InChI is InChI=1S/C29H31N5O2/c1-20-10-12-25-24(18-20)27(28(32(25)3)22-8-5-4-6-9-22)29(36)34-15-7-14-33(16-17-34)26-13-11-23(19-30-26)31-21(2)35/h4-6,8-13,18-19H,7,14-17H2,1-3H3,(H,31,35). The maximum Gasteiger partial charge on any atom is 0.256 e. The second-order valence-electron chi connectivity index (χ2n) is 9.39. The van der Waals surface area contributed by atoms with Gasteiger partial charge in [0.1, 0.15) is 5.82 Å². The first-order valence-electron chi connectivity index (χ1n) is 12.3. The van der Waals surface area contributed by atoms with Crippen LogP contribution in [0.1, 0.15) is 29.3 Å². The summed E-state index contributed by atoms with van der Waals surface area (Å²) in [7, 11) is 2.04. The van der Waals surface area contributed by atoms with Crippen LogP contribution in [0.4, 0.5) is 11.5 Å². The fourth-order valence-corrected chi connectivity index (χ4v) is 5.07. The Hall–Kier alpha value is -4.13. The fraction of sp³-hybridized carbons (Fsp3) is 0.276. The first kappa shape index (κ1) is 23.6. The van der Waals surface area contributed by atoms with E-state index in [0.29, 0.717) is 25.3 Å². The number of amides is 2. The van der Waals surface area contributed by atoms with Gasteiger partial charge in [0.05, 0.1) is 23.1 Å². The summed E-state index contributed by atoms with van der Waals surface area (Å²) in [5.41, 5.74) is 5.64. The lowest BCUT2D eigenvalue weighted by Crippen LogP contribution is -2.35. The highest BCUT2D eigenvalue weighted by atomic mass is 16.2. The third-order valence-corrected chi connectivity index (χ3v) is 6.79. The minimum absolute atomic E-state index is 0.0702. The summed E-state index contributed by atoms with van der Waals surface area (Å²) in [5.74, 6) is 0.803. The number of carbonyl (C=O) groups excluding carboxylic acids is 2. The Kier molecular flexibility index (Phi) is 6.46. The van der Waals surface area contributed by atoms with E-state index in [1.165, 1.54) is 6.92 Å². The minimum Gasteiger partial charge on any atom is -0.355 e. The minimum atomic E-state index is -0.119. The van der Waals surface area contributed by atoms with Gasteiger partial charge in [0, 0.05) is 51.1 Å². The molecular weight excluding hydrogens is 450 g/mol. The number of nitrogens with zero attached hydrogens (tertiary/aromatic N) is 4. The van der Waals surface area contributed by atoms with Crippen molar-refractivity contribution in [2.24, 2.45) is 7.05 Å². The number of aromatic nitrogens is 2. The molecule has 0 spiro atoms. The van der Waals surface area contributed by atoms with Crippen molar-refractivity contribution >= 4 is 34.2 Å². The van der Waals surface area contributed by atoms with Crippen molar-refractivity contribution in [3.05, 3.63) is 78.0 Å². The number of carbonyl (C=O) groups is 2. The lowest BCUT2D eigenvalue weighted by atomic mass is 10.0. The molecule has 2 amide bonds. The van der Waals surface area contributed by atoms with Gasteiger partial charge in [-0.15, -0.1) is 0 Å². The highest BCUT2D eigenvalue weighted by molar-refractivity contribution is 6.13. The number of nitrogens with one attached hydrogen (secondary N) is 1. The highest BCUT2D eigenvalue weighted by Crippen LogP contribution is 2.35. The second-order valence-corrected chi connectivity index (χ2v) is 9.39. The monoisotopic (exact) mass is 481 g/mol. The number of pyridine rings is 1. The molecule has 0 radical (unpaired) electrons. The van der Waals surface area contributed by atoms with E-state index in [9.17, 15) is 9.59 Å². The molecule has 4 aromatic rings. The lowest BCUT2D eigenvalue weighted by molar-refractivity contribution is -0.114. The van der Waals surface area contributed by atoms with E-state index in [2.05, 4.69) is 57.0 Å². The normalized spacial score (nSPS) is 14.1. The molecule has 2 aromatic heterocycles. The third-order valence-electron chi connectivity index (χ3n) is 6.79. The SMILES string of the molecule is CC(=O)Nc1ccc(N2CCCN(C(=O)c3c(-c4ccccc4)n(C)c4ccc(C)cc34)CC2)nc1. The van der Waals surface area contributed by atoms with E-state index in [1.54, 1.807) is 6.20 Å². The average Bonchev–Trinajstić information content (AvgIpc) is 3.01. The van der Waals surface area contributed by atoms with Crippen LogP contribution in [0.2, 0.25) is 0 Å². The van der Waals surface area contributed by atoms with E-state index >= 15 is 0 Å². The van der Waals surface area contributed by atoms with Crippen LogP contribution in [0.5, 0.6) is 0 Å². The summed E-state index contributed by atoms with van der Waals surface area (Å²) >= 11 is 0. The van der Waals surface area contributed by atoms with E-state index in [1.807, 2.05) is 42.3 Å². The maximum absolute atomic E-state index is 14.1. The second kappa shape index (κ2) is 9.85. The molecule has 1 aliphatic rings. The first-order chi connectivity index (χ1) is 17.4. The van der Waals surface area contributed by atoms with Crippen LogP contribution in [0.15, 0.2) is 66.9 Å². The molecule has 184 valence electrons. The van der Waals surface area contributed by atoms with Crippen LogP contribution in [0.3, 0.4) is 0 Å². The van der Waals surface area contributed by atoms with Crippen molar-refractivity contribution in [3.8, 4) is 11.3 Å². The van der Waals surface area contributed by atoms with Gasteiger partial charge in [0.25, 0.3) is 5.91 Å². The first-order valence-corrected chi connectivity index (χ1v) is 12.3. The summed E-state index contributed by atoms with van der Waals surface area (Å²) in [6.45, 7) is 6.37. The van der Waals surface area contributed by atoms with Crippen molar-refractivity contribution in [2.45, 2.75) is 20.3 Å². The summed E-state index contributed by atoms with van der Waals surface area (Å²) < 4.78 is 2.14. The molecule has 0 unspecified atom stereocenters. The number of anilines is 2. The molecule has 0 atom stereocenters. The molecule has 0 bridgehead atoms. The summed E-state index contributed by atoms with van der Waals surface area (Å²) in [6, 6.07) is 20.3. The van der Waals surface area contributed by atoms with Crippen LogP contribution < -0.4 is 10.2 Å². The summed E-state index contributed by atoms with van der Waals surface area (Å²) in [4.78, 5) is 34.1. The molecule has 1 aliphatic heterocycles. The van der Waals surface area contributed by atoms with E-state index in [-0.39, 0.29) is 11.8 Å². The molecule has 2 aromatic carbocycles. The predicted molar refractivity (Wildman–Crippen MR) is 144 cm³/mol. The Morgan fingerprint density at radius 3 is 2.47 bits per heavy atom. The Balaban J connectivity index is 1.44. The third kappa shape index (κ3) is 4.56. The zero-order valence-corrected chi connectivity index (χ0v) is 21.0. The Labute approximate surface area is 211 Å². The van der Waals surface area contributed by atoms with Crippen molar-refractivity contribution in [2.75, 3.05) is 36.4 Å². The van der Waals surface area contributed by atoms with Crippen LogP contribution in [-0.4, -0.2) is 52.4 Å². The maximum atomic E-state index is 14.1. The topological polar surface area (TPSA) is 70.5 Å². The van der Waals surface area contributed by atoms with E-state index in [4.69, 9.17) is 0 Å². The van der Waals surface area contributed by atoms with Gasteiger partial charge in [-0.1, -0.05) is 42.0 Å². The Morgan fingerprint density at radius 2 is 1.75 bits per heavy atom. The predicted octanol–water partition coefficient (Wildman–Crippen LogP) is 4.86. The number of hydrogen-bond donors (Lipinski definition) is 1. The zero-order valence-electron chi connectivity index (χ0n) is 21.0. The largest absolute Gasteiger partial charge is 0.355 e. The summed E-state index contributed by atoms with van der Waals surface area (Å²) in [5, 5.41) is 3.75. The number of hydrogen-bond acceptors (Lipinski definition) is 4. The molecule has 0 aliphatic carbocycles. The summed E-state index contributed by atoms with van der Waals surface area (Å²) in [6.07, 6.45) is 2.53. The molecule has 0 saturated carbocycles. The number of aryl methyl sites for hydroxylation is 2. The Morgan fingerprint density at radius 1 is 0.944 bits per heavy atom. The number of rotatable bonds is 4. The van der Waals surface area contributed by atoms with Gasteiger partial charge in [-0.2, -0.15) is 0 Å². The molecule has 1 saturated heterocycles. The Bertz CT molecular complexity index is 1410. The lowest BCUT2D eigenvalue weighted by Gasteiger charge is -2.23. The van der Waals surface area contributed by atoms with Crippen molar-refractivity contribution in [1.82, 2.24) is 14.5 Å². The molecule has 7 nitrogen and oxygen atoms in total. The van der Waals surface area contributed by atoms with E-state index in [0.717, 1.165) is 52.1 Å². The van der Waals surface area contributed by atoms with Gasteiger partial charge in [0.2, 0.25) is 5.91 Å². The van der Waals surface area contributed by atoms with Gasteiger partial charge in [-0.3, -0.25) is 9.59 Å². The molecule has 1 N–H and O–H groups in total. The van der Waals surface area contributed by atoms with Gasteiger partial charge in [0.15, 0.2) is 0 Å². The van der Waals surface area contributed by atoms with Gasteiger partial charge >= 0.3 is 0 Å². The van der Waals surface area contributed by atoms with Crippen LogP contribution >= 0.6 is 0 Å².